The molecule has 8 heteroatoms. The minimum absolute atomic E-state index is 0.0269. The molecular formula is C17H18F2N2O4. The molecule has 0 aliphatic heterocycles. The maximum Gasteiger partial charge on any atom is 0.323 e. The number of benzene rings is 1. The van der Waals surface area contributed by atoms with Crippen molar-refractivity contribution in [1.29, 1.82) is 0 Å². The number of aliphatic carboxylic acids is 1. The molecule has 2 rings (SSSR count). The molecule has 0 bridgehead atoms. The van der Waals surface area contributed by atoms with Gasteiger partial charge >= 0.3 is 5.97 Å². The van der Waals surface area contributed by atoms with Gasteiger partial charge in [0, 0.05) is 25.5 Å². The second-order valence-electron chi connectivity index (χ2n) is 5.45. The first-order valence-corrected chi connectivity index (χ1v) is 7.80. The molecule has 0 radical (unpaired) electrons. The smallest absolute Gasteiger partial charge is 0.323 e. The van der Waals surface area contributed by atoms with Crippen LogP contribution in [-0.4, -0.2) is 40.0 Å². The normalized spacial score (nSPS) is 10.7. The van der Waals surface area contributed by atoms with Crippen LogP contribution < -0.4 is 0 Å². The molecule has 0 atom stereocenters. The minimum atomic E-state index is -1.08. The number of nitrogens with zero attached hydrogens (tertiary/aromatic N) is 2. The van der Waals surface area contributed by atoms with Gasteiger partial charge in [-0.2, -0.15) is 0 Å². The summed E-state index contributed by atoms with van der Waals surface area (Å²) >= 11 is 0. The van der Waals surface area contributed by atoms with Crippen molar-refractivity contribution in [3.05, 3.63) is 41.9 Å². The number of halogens is 2. The van der Waals surface area contributed by atoms with Gasteiger partial charge in [-0.3, -0.25) is 9.59 Å². The summed E-state index contributed by atoms with van der Waals surface area (Å²) in [6.07, 6.45) is 2.13. The second kappa shape index (κ2) is 8.36. The molecule has 0 saturated heterocycles. The molecule has 0 saturated carbocycles. The summed E-state index contributed by atoms with van der Waals surface area (Å²) in [5.74, 6) is -2.51. The van der Waals surface area contributed by atoms with E-state index in [1.807, 2.05) is 6.92 Å². The van der Waals surface area contributed by atoms with Crippen LogP contribution in [0.25, 0.3) is 11.3 Å². The molecule has 134 valence electrons. The average molecular weight is 352 g/mol. The zero-order valence-corrected chi connectivity index (χ0v) is 13.7. The second-order valence-corrected chi connectivity index (χ2v) is 5.45. The molecular weight excluding hydrogens is 334 g/mol. The van der Waals surface area contributed by atoms with Crippen molar-refractivity contribution in [3.63, 3.8) is 0 Å². The van der Waals surface area contributed by atoms with E-state index in [2.05, 4.69) is 4.98 Å². The lowest BCUT2D eigenvalue weighted by atomic mass is 10.2. The maximum atomic E-state index is 13.7. The topological polar surface area (TPSA) is 83.6 Å². The summed E-state index contributed by atoms with van der Waals surface area (Å²) in [7, 11) is 0. The third-order valence-electron chi connectivity index (χ3n) is 3.48. The number of carbonyl (C=O) groups is 2. The number of rotatable bonds is 8. The Bertz CT molecular complexity index is 761. The first kappa shape index (κ1) is 18.6. The molecule has 0 spiro atoms. The van der Waals surface area contributed by atoms with Crippen LogP contribution in [0.3, 0.4) is 0 Å². The fourth-order valence-electron chi connectivity index (χ4n) is 2.34. The van der Waals surface area contributed by atoms with E-state index in [4.69, 9.17) is 9.52 Å². The standard InChI is InChI=1S/C17H18F2N2O4/c1-2-7-21(10-17(23)24)16(22)6-5-15-20-9-14(25-15)12-4-3-11(18)8-13(12)19/h3-4,8-9H,2,5-7,10H2,1H3,(H,23,24). The predicted octanol–water partition coefficient (Wildman–Crippen LogP) is 2.88. The Balaban J connectivity index is 2.01. The largest absolute Gasteiger partial charge is 0.480 e. The monoisotopic (exact) mass is 352 g/mol. The predicted molar refractivity (Wildman–Crippen MR) is 84.7 cm³/mol. The van der Waals surface area contributed by atoms with Crippen molar-refractivity contribution in [2.75, 3.05) is 13.1 Å². The fourth-order valence-corrected chi connectivity index (χ4v) is 2.34. The van der Waals surface area contributed by atoms with Crippen LogP contribution in [0.5, 0.6) is 0 Å². The zero-order chi connectivity index (χ0) is 18.4. The van der Waals surface area contributed by atoms with Crippen LogP contribution in [0.15, 0.2) is 28.8 Å². The van der Waals surface area contributed by atoms with E-state index in [0.717, 1.165) is 12.1 Å². The number of aryl methyl sites for hydroxylation is 1. The van der Waals surface area contributed by atoms with E-state index in [1.54, 1.807) is 0 Å². The van der Waals surface area contributed by atoms with Crippen molar-refractivity contribution >= 4 is 11.9 Å². The van der Waals surface area contributed by atoms with Crippen LogP contribution in [0.1, 0.15) is 25.7 Å². The summed E-state index contributed by atoms with van der Waals surface area (Å²) in [5.41, 5.74) is 0.0740. The quantitative estimate of drug-likeness (QED) is 0.790. The van der Waals surface area contributed by atoms with Crippen LogP contribution >= 0.6 is 0 Å². The van der Waals surface area contributed by atoms with Gasteiger partial charge in [0.15, 0.2) is 11.7 Å². The van der Waals surface area contributed by atoms with Crippen molar-refractivity contribution in [2.24, 2.45) is 0 Å². The summed E-state index contributed by atoms with van der Waals surface area (Å²) in [4.78, 5) is 28.1. The lowest BCUT2D eigenvalue weighted by Crippen LogP contribution is -2.36. The average Bonchev–Trinajstić information content (AvgIpc) is 3.00. The molecule has 25 heavy (non-hydrogen) atoms. The van der Waals surface area contributed by atoms with Gasteiger partial charge in [-0.1, -0.05) is 6.92 Å². The van der Waals surface area contributed by atoms with Gasteiger partial charge in [0.05, 0.1) is 11.8 Å². The van der Waals surface area contributed by atoms with Gasteiger partial charge in [0.2, 0.25) is 5.91 Å². The first-order chi connectivity index (χ1) is 11.9. The molecule has 0 fully saturated rings. The maximum absolute atomic E-state index is 13.7. The van der Waals surface area contributed by atoms with Crippen molar-refractivity contribution in [2.45, 2.75) is 26.2 Å². The lowest BCUT2D eigenvalue weighted by molar-refractivity contribution is -0.144. The molecule has 1 amide bonds. The molecule has 0 aliphatic rings. The highest BCUT2D eigenvalue weighted by Crippen LogP contribution is 2.24. The van der Waals surface area contributed by atoms with Crippen molar-refractivity contribution < 1.29 is 27.9 Å². The Kier molecular flexibility index (Phi) is 6.21. The highest BCUT2D eigenvalue weighted by molar-refractivity contribution is 5.81. The van der Waals surface area contributed by atoms with Crippen LogP contribution in [0.4, 0.5) is 8.78 Å². The number of oxazole rings is 1. The molecule has 1 aromatic carbocycles. The van der Waals surface area contributed by atoms with E-state index >= 15 is 0 Å². The number of amides is 1. The third-order valence-corrected chi connectivity index (χ3v) is 3.48. The van der Waals surface area contributed by atoms with Crippen molar-refractivity contribution in [3.8, 4) is 11.3 Å². The van der Waals surface area contributed by atoms with Gasteiger partial charge in [0.1, 0.15) is 18.2 Å². The first-order valence-electron chi connectivity index (χ1n) is 7.80. The van der Waals surface area contributed by atoms with E-state index in [9.17, 15) is 18.4 Å². The number of carboxylic acids is 1. The van der Waals surface area contributed by atoms with Gasteiger partial charge < -0.3 is 14.4 Å². The van der Waals surface area contributed by atoms with Gasteiger partial charge in [0.25, 0.3) is 0 Å². The summed E-state index contributed by atoms with van der Waals surface area (Å²) < 4.78 is 32.1. The summed E-state index contributed by atoms with van der Waals surface area (Å²) in [6.45, 7) is 1.84. The molecule has 0 aliphatic carbocycles. The molecule has 1 aromatic heterocycles. The fraction of sp³-hybridized carbons (Fsp3) is 0.353. The number of carboxylic acid groups (broad SMARTS) is 1. The van der Waals surface area contributed by atoms with Gasteiger partial charge in [-0.15, -0.1) is 0 Å². The summed E-state index contributed by atoms with van der Waals surface area (Å²) in [5, 5.41) is 8.83. The van der Waals surface area contributed by atoms with Crippen molar-refractivity contribution in [1.82, 2.24) is 9.88 Å². The molecule has 1 N–H and O–H groups in total. The number of hydrogen-bond donors (Lipinski definition) is 1. The van der Waals surface area contributed by atoms with Crippen LogP contribution in [0, 0.1) is 11.6 Å². The molecule has 6 nitrogen and oxygen atoms in total. The van der Waals surface area contributed by atoms with E-state index in [0.29, 0.717) is 13.0 Å². The lowest BCUT2D eigenvalue weighted by Gasteiger charge is -2.19. The number of hydrogen-bond acceptors (Lipinski definition) is 4. The Hall–Kier alpha value is -2.77. The molecule has 0 unspecified atom stereocenters. The Morgan fingerprint density at radius 1 is 1.32 bits per heavy atom. The van der Waals surface area contributed by atoms with Crippen LogP contribution in [0.2, 0.25) is 0 Å². The number of aromatic nitrogens is 1. The zero-order valence-electron chi connectivity index (χ0n) is 13.7. The third kappa shape index (κ3) is 5.10. The summed E-state index contributed by atoms with van der Waals surface area (Å²) in [6, 6.07) is 3.10. The Labute approximate surface area is 143 Å². The highest BCUT2D eigenvalue weighted by atomic mass is 19.1. The van der Waals surface area contributed by atoms with Crippen LogP contribution in [-0.2, 0) is 16.0 Å². The van der Waals surface area contributed by atoms with E-state index in [-0.39, 0.29) is 42.5 Å². The van der Waals surface area contributed by atoms with Gasteiger partial charge in [-0.05, 0) is 18.6 Å². The van der Waals surface area contributed by atoms with E-state index in [1.165, 1.54) is 17.2 Å². The van der Waals surface area contributed by atoms with E-state index < -0.39 is 17.6 Å². The SMILES string of the molecule is CCCN(CC(=O)O)C(=O)CCc1ncc(-c2ccc(F)cc2F)o1. The Morgan fingerprint density at radius 3 is 2.72 bits per heavy atom. The number of carbonyl (C=O) groups excluding carboxylic acids is 1. The minimum Gasteiger partial charge on any atom is -0.480 e. The Morgan fingerprint density at radius 2 is 2.08 bits per heavy atom. The molecule has 2 aromatic rings. The van der Waals surface area contributed by atoms with Gasteiger partial charge in [-0.25, -0.2) is 13.8 Å². The molecule has 1 heterocycles. The highest BCUT2D eigenvalue weighted by Gasteiger charge is 2.17.